The van der Waals surface area contributed by atoms with E-state index in [1.165, 1.54) is 0 Å². The zero-order valence-electron chi connectivity index (χ0n) is 10.6. The minimum Gasteiger partial charge on any atom is -0.466 e. The highest BCUT2D eigenvalue weighted by atomic mass is 16.5. The Balaban J connectivity index is 3.38. The van der Waals surface area contributed by atoms with Crippen molar-refractivity contribution in [1.82, 2.24) is 0 Å². The van der Waals surface area contributed by atoms with Gasteiger partial charge in [0.1, 0.15) is 5.78 Å². The van der Waals surface area contributed by atoms with Crippen LogP contribution in [-0.2, 0) is 14.3 Å². The molecule has 0 unspecified atom stereocenters. The third-order valence-electron chi connectivity index (χ3n) is 2.43. The molecule has 0 aliphatic rings. The van der Waals surface area contributed by atoms with Crippen LogP contribution in [-0.4, -0.2) is 18.4 Å². The molecule has 3 heteroatoms. The predicted octanol–water partition coefficient (Wildman–Crippen LogP) is 3.26. The van der Waals surface area contributed by atoms with Gasteiger partial charge in [-0.2, -0.15) is 0 Å². The van der Waals surface area contributed by atoms with Crippen LogP contribution in [0, 0.1) is 0 Å². The number of rotatable bonds is 10. The van der Waals surface area contributed by atoms with Crippen molar-refractivity contribution in [3.05, 3.63) is 0 Å². The fourth-order valence-electron chi connectivity index (χ4n) is 1.35. The number of ketones is 1. The smallest absolute Gasteiger partial charge is 0.306 e. The molecule has 0 spiro atoms. The van der Waals surface area contributed by atoms with Crippen LogP contribution in [0.4, 0.5) is 0 Å². The first-order valence-electron chi connectivity index (χ1n) is 6.38. The van der Waals surface area contributed by atoms with Crippen LogP contribution in [0.15, 0.2) is 0 Å². The van der Waals surface area contributed by atoms with Crippen molar-refractivity contribution in [2.75, 3.05) is 6.61 Å². The van der Waals surface area contributed by atoms with E-state index in [9.17, 15) is 9.59 Å². The standard InChI is InChI=1S/C13H24O3/c1-3-5-7-11-16-13(15)10-9-12(14)8-6-4-2/h3-11H2,1-2H3. The number of Topliss-reactive ketones (excluding diaryl/α,β-unsaturated/α-hetero) is 1. The lowest BCUT2D eigenvalue weighted by Gasteiger charge is -2.03. The topological polar surface area (TPSA) is 43.4 Å². The molecule has 0 heterocycles. The highest BCUT2D eigenvalue weighted by Crippen LogP contribution is 2.03. The molecule has 94 valence electrons. The maximum absolute atomic E-state index is 11.3. The van der Waals surface area contributed by atoms with Crippen LogP contribution in [0.2, 0.25) is 0 Å². The van der Waals surface area contributed by atoms with Gasteiger partial charge in [0, 0.05) is 12.8 Å². The Morgan fingerprint density at radius 1 is 0.875 bits per heavy atom. The monoisotopic (exact) mass is 228 g/mol. The molecule has 0 aromatic rings. The molecule has 0 amide bonds. The Morgan fingerprint density at radius 2 is 1.56 bits per heavy atom. The summed E-state index contributed by atoms with van der Waals surface area (Å²) in [6, 6.07) is 0. The quantitative estimate of drug-likeness (QED) is 0.426. The number of ether oxygens (including phenoxy) is 1. The van der Waals surface area contributed by atoms with E-state index in [1.807, 2.05) is 0 Å². The van der Waals surface area contributed by atoms with Crippen LogP contribution >= 0.6 is 0 Å². The van der Waals surface area contributed by atoms with E-state index in [1.54, 1.807) is 0 Å². The number of carbonyl (C=O) groups excluding carboxylic acids is 2. The van der Waals surface area contributed by atoms with Crippen molar-refractivity contribution in [3.8, 4) is 0 Å². The molecule has 0 atom stereocenters. The number of hydrogen-bond donors (Lipinski definition) is 0. The minimum absolute atomic E-state index is 0.173. The van der Waals surface area contributed by atoms with Gasteiger partial charge in [-0.25, -0.2) is 0 Å². The Morgan fingerprint density at radius 3 is 2.19 bits per heavy atom. The van der Waals surface area contributed by atoms with E-state index in [0.29, 0.717) is 19.4 Å². The summed E-state index contributed by atoms with van der Waals surface area (Å²) in [5.74, 6) is -0.0618. The largest absolute Gasteiger partial charge is 0.466 e. The van der Waals surface area contributed by atoms with Crippen molar-refractivity contribution in [2.24, 2.45) is 0 Å². The Hall–Kier alpha value is -0.860. The fourth-order valence-corrected chi connectivity index (χ4v) is 1.35. The van der Waals surface area contributed by atoms with Crippen LogP contribution in [0.5, 0.6) is 0 Å². The summed E-state index contributed by atoms with van der Waals surface area (Å²) in [6.07, 6.45) is 6.25. The molecule has 0 N–H and O–H groups in total. The first-order valence-corrected chi connectivity index (χ1v) is 6.38. The molecule has 0 saturated heterocycles. The van der Waals surface area contributed by atoms with E-state index >= 15 is 0 Å². The van der Waals surface area contributed by atoms with E-state index in [-0.39, 0.29) is 18.2 Å². The van der Waals surface area contributed by atoms with E-state index in [2.05, 4.69) is 13.8 Å². The zero-order chi connectivity index (χ0) is 12.2. The summed E-state index contributed by atoms with van der Waals surface area (Å²) in [6.45, 7) is 4.65. The van der Waals surface area contributed by atoms with Gasteiger partial charge in [0.2, 0.25) is 0 Å². The number of hydrogen-bond acceptors (Lipinski definition) is 3. The zero-order valence-corrected chi connectivity index (χ0v) is 10.6. The lowest BCUT2D eigenvalue weighted by molar-refractivity contribution is -0.145. The van der Waals surface area contributed by atoms with E-state index in [4.69, 9.17) is 4.74 Å². The molecule has 0 aromatic heterocycles. The van der Waals surface area contributed by atoms with Gasteiger partial charge in [0.15, 0.2) is 0 Å². The summed E-state index contributed by atoms with van der Waals surface area (Å²) >= 11 is 0. The molecule has 0 rings (SSSR count). The normalized spacial score (nSPS) is 10.1. The third kappa shape index (κ3) is 9.69. The number of carbonyl (C=O) groups is 2. The lowest BCUT2D eigenvalue weighted by atomic mass is 10.1. The summed E-state index contributed by atoms with van der Waals surface area (Å²) in [5, 5.41) is 0. The number of unbranched alkanes of at least 4 members (excludes halogenated alkanes) is 3. The van der Waals surface area contributed by atoms with Gasteiger partial charge in [0.05, 0.1) is 13.0 Å². The molecule has 3 nitrogen and oxygen atoms in total. The van der Waals surface area contributed by atoms with Crippen LogP contribution in [0.3, 0.4) is 0 Å². The fraction of sp³-hybridized carbons (Fsp3) is 0.846. The summed E-state index contributed by atoms with van der Waals surface area (Å²) < 4.78 is 5.01. The van der Waals surface area contributed by atoms with Gasteiger partial charge in [-0.15, -0.1) is 0 Å². The van der Waals surface area contributed by atoms with Crippen molar-refractivity contribution in [2.45, 2.75) is 65.2 Å². The minimum atomic E-state index is -0.235. The molecule has 0 aliphatic carbocycles. The average Bonchev–Trinajstić information content (AvgIpc) is 2.29. The van der Waals surface area contributed by atoms with Crippen molar-refractivity contribution in [1.29, 1.82) is 0 Å². The van der Waals surface area contributed by atoms with E-state index in [0.717, 1.165) is 32.1 Å². The molecule has 0 bridgehead atoms. The van der Waals surface area contributed by atoms with Crippen molar-refractivity contribution >= 4 is 11.8 Å². The molecular weight excluding hydrogens is 204 g/mol. The molecule has 0 radical (unpaired) electrons. The lowest BCUT2D eigenvalue weighted by Crippen LogP contribution is -2.08. The second-order valence-electron chi connectivity index (χ2n) is 4.07. The van der Waals surface area contributed by atoms with E-state index < -0.39 is 0 Å². The average molecular weight is 228 g/mol. The van der Waals surface area contributed by atoms with Crippen molar-refractivity contribution < 1.29 is 14.3 Å². The molecule has 0 aliphatic heterocycles. The van der Waals surface area contributed by atoms with Gasteiger partial charge in [-0.3, -0.25) is 9.59 Å². The van der Waals surface area contributed by atoms with Crippen LogP contribution in [0.1, 0.15) is 65.2 Å². The van der Waals surface area contributed by atoms with Crippen molar-refractivity contribution in [3.63, 3.8) is 0 Å². The second-order valence-corrected chi connectivity index (χ2v) is 4.07. The van der Waals surface area contributed by atoms with Gasteiger partial charge < -0.3 is 4.74 Å². The van der Waals surface area contributed by atoms with Crippen LogP contribution in [0.25, 0.3) is 0 Å². The van der Waals surface area contributed by atoms with Gasteiger partial charge in [0.25, 0.3) is 0 Å². The highest BCUT2D eigenvalue weighted by molar-refractivity contribution is 5.82. The molecular formula is C13H24O3. The van der Waals surface area contributed by atoms with Gasteiger partial charge in [-0.05, 0) is 12.8 Å². The summed E-state index contributed by atoms with van der Waals surface area (Å²) in [5.41, 5.74) is 0. The first kappa shape index (κ1) is 15.1. The predicted molar refractivity (Wildman–Crippen MR) is 64.3 cm³/mol. The Bertz CT molecular complexity index is 199. The maximum atomic E-state index is 11.3. The van der Waals surface area contributed by atoms with Gasteiger partial charge >= 0.3 is 5.97 Å². The Labute approximate surface area is 98.6 Å². The molecule has 16 heavy (non-hydrogen) atoms. The molecule has 0 saturated carbocycles. The van der Waals surface area contributed by atoms with Crippen LogP contribution < -0.4 is 0 Å². The number of esters is 1. The van der Waals surface area contributed by atoms with Gasteiger partial charge in [-0.1, -0.05) is 33.1 Å². The second kappa shape index (κ2) is 10.7. The summed E-state index contributed by atoms with van der Waals surface area (Å²) in [7, 11) is 0. The third-order valence-corrected chi connectivity index (χ3v) is 2.43. The highest BCUT2D eigenvalue weighted by Gasteiger charge is 2.07. The summed E-state index contributed by atoms with van der Waals surface area (Å²) in [4.78, 5) is 22.5. The Kier molecular flexibility index (Phi) is 10.1. The maximum Gasteiger partial charge on any atom is 0.306 e. The molecule has 0 fully saturated rings. The first-order chi connectivity index (χ1) is 7.70. The molecule has 0 aromatic carbocycles. The SMILES string of the molecule is CCCCCOC(=O)CCC(=O)CCCC.